The summed E-state index contributed by atoms with van der Waals surface area (Å²) < 4.78 is 27.0. The smallest absolute Gasteiger partial charge is 0.241 e. The van der Waals surface area contributed by atoms with Crippen LogP contribution in [0.25, 0.3) is 0 Å². The van der Waals surface area contributed by atoms with Crippen LogP contribution in [0.1, 0.15) is 25.0 Å². The number of nitrogens with one attached hydrogen (secondary N) is 3. The van der Waals surface area contributed by atoms with Crippen molar-refractivity contribution in [2.45, 2.75) is 32.1 Å². The first-order valence-electron chi connectivity index (χ1n) is 8.48. The summed E-state index contributed by atoms with van der Waals surface area (Å²) in [7, 11) is -3.84. The van der Waals surface area contributed by atoms with Gasteiger partial charge in [-0.05, 0) is 48.7 Å². The Morgan fingerprint density at radius 3 is 2.26 bits per heavy atom. The number of hydrogen-bond donors (Lipinski definition) is 3. The van der Waals surface area contributed by atoms with E-state index in [1.807, 2.05) is 32.0 Å². The molecule has 3 N–H and O–H groups in total. The number of aryl methyl sites for hydroxylation is 2. The number of anilines is 2. The van der Waals surface area contributed by atoms with Crippen molar-refractivity contribution in [3.05, 3.63) is 53.6 Å². The molecule has 2 amide bonds. The Kier molecular flexibility index (Phi) is 6.70. The predicted octanol–water partition coefficient (Wildman–Crippen LogP) is 2.43. The van der Waals surface area contributed by atoms with E-state index in [4.69, 9.17) is 0 Å². The maximum absolute atomic E-state index is 12.3. The lowest BCUT2D eigenvalue weighted by Crippen LogP contribution is -2.33. The molecule has 0 unspecified atom stereocenters. The molecule has 0 aromatic heterocycles. The van der Waals surface area contributed by atoms with Crippen LogP contribution in [0.4, 0.5) is 11.4 Å². The maximum atomic E-state index is 12.3. The Hall–Kier alpha value is -2.71. The Balaban J connectivity index is 2.02. The molecular formula is C19H23N3O4S. The van der Waals surface area contributed by atoms with E-state index in [2.05, 4.69) is 15.4 Å². The highest BCUT2D eigenvalue weighted by molar-refractivity contribution is 7.89. The van der Waals surface area contributed by atoms with Crippen LogP contribution in [-0.2, 0) is 26.0 Å². The van der Waals surface area contributed by atoms with Gasteiger partial charge in [-0.25, -0.2) is 13.1 Å². The predicted molar refractivity (Wildman–Crippen MR) is 105 cm³/mol. The van der Waals surface area contributed by atoms with Gasteiger partial charge in [-0.3, -0.25) is 9.59 Å². The van der Waals surface area contributed by atoms with Gasteiger partial charge in [0.25, 0.3) is 0 Å². The quantitative estimate of drug-likeness (QED) is 0.676. The molecule has 0 aliphatic carbocycles. The molecule has 27 heavy (non-hydrogen) atoms. The minimum atomic E-state index is -3.84. The maximum Gasteiger partial charge on any atom is 0.241 e. The van der Waals surface area contributed by atoms with Crippen LogP contribution in [0, 0.1) is 6.92 Å². The number of rotatable bonds is 7. The molecule has 144 valence electrons. The molecule has 0 bridgehead atoms. The lowest BCUT2D eigenvalue weighted by molar-refractivity contribution is -0.115. The van der Waals surface area contributed by atoms with Gasteiger partial charge < -0.3 is 10.6 Å². The van der Waals surface area contributed by atoms with E-state index in [1.54, 1.807) is 0 Å². The summed E-state index contributed by atoms with van der Waals surface area (Å²) in [5.41, 5.74) is 3.11. The van der Waals surface area contributed by atoms with Crippen molar-refractivity contribution in [3.8, 4) is 0 Å². The summed E-state index contributed by atoms with van der Waals surface area (Å²) in [6, 6.07) is 11.4. The molecule has 0 heterocycles. The first-order chi connectivity index (χ1) is 12.7. The second-order valence-electron chi connectivity index (χ2n) is 6.04. The fourth-order valence-electron chi connectivity index (χ4n) is 2.55. The Morgan fingerprint density at radius 1 is 1.00 bits per heavy atom. The summed E-state index contributed by atoms with van der Waals surface area (Å²) in [5, 5.41) is 5.33. The van der Waals surface area contributed by atoms with E-state index in [0.29, 0.717) is 11.4 Å². The number of sulfonamides is 1. The van der Waals surface area contributed by atoms with E-state index in [1.165, 1.54) is 31.2 Å². The van der Waals surface area contributed by atoms with E-state index < -0.39 is 15.9 Å². The van der Waals surface area contributed by atoms with Gasteiger partial charge in [0.1, 0.15) is 0 Å². The Labute approximate surface area is 159 Å². The molecule has 0 spiro atoms. The second kappa shape index (κ2) is 8.79. The molecule has 2 aromatic rings. The highest BCUT2D eigenvalue weighted by Crippen LogP contribution is 2.21. The van der Waals surface area contributed by atoms with Crippen LogP contribution in [0.5, 0.6) is 0 Å². The van der Waals surface area contributed by atoms with Crippen LogP contribution in [0.3, 0.4) is 0 Å². The molecule has 0 aliphatic heterocycles. The second-order valence-corrected chi connectivity index (χ2v) is 7.81. The molecule has 0 radical (unpaired) electrons. The van der Waals surface area contributed by atoms with Crippen molar-refractivity contribution >= 4 is 33.2 Å². The van der Waals surface area contributed by atoms with Crippen LogP contribution in [-0.4, -0.2) is 26.8 Å². The molecule has 0 fully saturated rings. The van der Waals surface area contributed by atoms with Crippen molar-refractivity contribution in [2.75, 3.05) is 17.2 Å². The number of para-hydroxylation sites is 1. The molecular weight excluding hydrogens is 366 g/mol. The molecule has 0 atom stereocenters. The first kappa shape index (κ1) is 20.6. The van der Waals surface area contributed by atoms with Gasteiger partial charge >= 0.3 is 0 Å². The van der Waals surface area contributed by atoms with Crippen molar-refractivity contribution in [1.82, 2.24) is 4.72 Å². The molecule has 0 saturated heterocycles. The summed E-state index contributed by atoms with van der Waals surface area (Å²) in [4.78, 5) is 23.2. The van der Waals surface area contributed by atoms with Crippen LogP contribution in [0.2, 0.25) is 0 Å². The average molecular weight is 389 g/mol. The first-order valence-corrected chi connectivity index (χ1v) is 9.97. The summed E-state index contributed by atoms with van der Waals surface area (Å²) >= 11 is 0. The van der Waals surface area contributed by atoms with Gasteiger partial charge in [-0.2, -0.15) is 0 Å². The Bertz CT molecular complexity index is 938. The lowest BCUT2D eigenvalue weighted by atomic mass is 10.1. The van der Waals surface area contributed by atoms with Crippen LogP contribution >= 0.6 is 0 Å². The number of carbonyl (C=O) groups is 2. The van der Waals surface area contributed by atoms with Gasteiger partial charge in [0.2, 0.25) is 21.8 Å². The van der Waals surface area contributed by atoms with Gasteiger partial charge in [0.15, 0.2) is 0 Å². The summed E-state index contributed by atoms with van der Waals surface area (Å²) in [5.74, 6) is -0.694. The molecule has 0 aliphatic rings. The van der Waals surface area contributed by atoms with Crippen LogP contribution in [0.15, 0.2) is 47.4 Å². The van der Waals surface area contributed by atoms with Gasteiger partial charge in [0.05, 0.1) is 11.4 Å². The van der Waals surface area contributed by atoms with Gasteiger partial charge in [-0.15, -0.1) is 0 Å². The van der Waals surface area contributed by atoms with Crippen molar-refractivity contribution in [1.29, 1.82) is 0 Å². The molecule has 0 saturated carbocycles. The van der Waals surface area contributed by atoms with E-state index in [0.717, 1.165) is 17.5 Å². The third-order valence-electron chi connectivity index (χ3n) is 3.91. The number of benzene rings is 2. The summed E-state index contributed by atoms with van der Waals surface area (Å²) in [6.07, 6.45) is 0.754. The van der Waals surface area contributed by atoms with E-state index in [9.17, 15) is 18.0 Å². The Morgan fingerprint density at radius 2 is 1.67 bits per heavy atom. The fraction of sp³-hybridized carbons (Fsp3) is 0.263. The monoisotopic (exact) mass is 389 g/mol. The SMILES string of the molecule is CCc1cccc(C)c1NC(=O)CNS(=O)(=O)c1ccc(NC(C)=O)cc1. The van der Waals surface area contributed by atoms with Crippen molar-refractivity contribution in [2.24, 2.45) is 0 Å². The zero-order valence-corrected chi connectivity index (χ0v) is 16.3. The number of hydrogen-bond acceptors (Lipinski definition) is 4. The third-order valence-corrected chi connectivity index (χ3v) is 5.33. The van der Waals surface area contributed by atoms with Crippen molar-refractivity contribution < 1.29 is 18.0 Å². The van der Waals surface area contributed by atoms with Gasteiger partial charge in [0, 0.05) is 18.3 Å². The van der Waals surface area contributed by atoms with Crippen LogP contribution < -0.4 is 15.4 Å². The van der Waals surface area contributed by atoms with Gasteiger partial charge in [-0.1, -0.05) is 25.1 Å². The zero-order valence-electron chi connectivity index (χ0n) is 15.5. The average Bonchev–Trinajstić information content (AvgIpc) is 2.62. The zero-order chi connectivity index (χ0) is 20.0. The standard InChI is InChI=1S/C19H23N3O4S/c1-4-15-7-5-6-13(2)19(15)22-18(24)12-20-27(25,26)17-10-8-16(9-11-17)21-14(3)23/h5-11,20H,4,12H2,1-3H3,(H,21,23)(H,22,24). The third kappa shape index (κ3) is 5.63. The van der Waals surface area contributed by atoms with Crippen molar-refractivity contribution in [3.63, 3.8) is 0 Å². The van der Waals surface area contributed by atoms with E-state index in [-0.39, 0.29) is 17.3 Å². The number of carbonyl (C=O) groups excluding carboxylic acids is 2. The minimum Gasteiger partial charge on any atom is -0.326 e. The molecule has 2 aromatic carbocycles. The highest BCUT2D eigenvalue weighted by atomic mass is 32.2. The highest BCUT2D eigenvalue weighted by Gasteiger charge is 2.16. The largest absolute Gasteiger partial charge is 0.326 e. The minimum absolute atomic E-state index is 0.00883. The van der Waals surface area contributed by atoms with E-state index >= 15 is 0 Å². The number of amides is 2. The molecule has 7 nitrogen and oxygen atoms in total. The molecule has 2 rings (SSSR count). The normalized spacial score (nSPS) is 11.1. The topological polar surface area (TPSA) is 104 Å². The fourth-order valence-corrected chi connectivity index (χ4v) is 3.53. The summed E-state index contributed by atoms with van der Waals surface area (Å²) in [6.45, 7) is 4.85. The molecule has 8 heteroatoms. The lowest BCUT2D eigenvalue weighted by Gasteiger charge is -2.13.